The molecular weight excluding hydrogens is 433 g/mol. The van der Waals surface area contributed by atoms with E-state index in [1.807, 2.05) is 6.92 Å². The number of benzene rings is 2. The first-order chi connectivity index (χ1) is 14.7. The quantitative estimate of drug-likeness (QED) is 0.577. The van der Waals surface area contributed by atoms with Crippen molar-refractivity contribution in [3.63, 3.8) is 0 Å². The minimum Gasteiger partial charge on any atom is -0.494 e. The summed E-state index contributed by atoms with van der Waals surface area (Å²) in [7, 11) is -3.62. The monoisotopic (exact) mass is 456 g/mol. The van der Waals surface area contributed by atoms with Crippen molar-refractivity contribution in [2.45, 2.75) is 37.4 Å². The molecule has 1 fully saturated rings. The first-order valence-corrected chi connectivity index (χ1v) is 11.2. The van der Waals surface area contributed by atoms with E-state index in [9.17, 15) is 21.6 Å². The van der Waals surface area contributed by atoms with Crippen molar-refractivity contribution >= 4 is 15.7 Å². The second kappa shape index (κ2) is 9.69. The average molecular weight is 456 g/mol. The molecule has 2 aromatic rings. The maximum absolute atomic E-state index is 12.8. The largest absolute Gasteiger partial charge is 0.494 e. The lowest BCUT2D eigenvalue weighted by molar-refractivity contribution is -0.137. The first kappa shape index (κ1) is 23.1. The van der Waals surface area contributed by atoms with Crippen LogP contribution in [0.1, 0.15) is 30.9 Å². The molecule has 168 valence electrons. The molecule has 0 aliphatic carbocycles. The lowest BCUT2D eigenvalue weighted by Crippen LogP contribution is -2.38. The van der Waals surface area contributed by atoms with Gasteiger partial charge in [0.05, 0.1) is 22.8 Å². The van der Waals surface area contributed by atoms with Gasteiger partial charge in [-0.15, -0.1) is 0 Å². The van der Waals surface area contributed by atoms with Gasteiger partial charge in [-0.05, 0) is 48.9 Å². The molecule has 31 heavy (non-hydrogen) atoms. The van der Waals surface area contributed by atoms with Crippen LogP contribution in [0.4, 0.5) is 13.2 Å². The van der Waals surface area contributed by atoms with Crippen LogP contribution in [0.3, 0.4) is 0 Å². The molecule has 0 aromatic heterocycles. The molecule has 1 saturated heterocycles. The molecule has 0 saturated carbocycles. The van der Waals surface area contributed by atoms with Gasteiger partial charge in [-0.2, -0.15) is 17.5 Å². The molecule has 0 atom stereocenters. The summed E-state index contributed by atoms with van der Waals surface area (Å²) in [6.07, 6.45) is -3.64. The van der Waals surface area contributed by atoms with Crippen LogP contribution < -0.4 is 4.74 Å². The van der Waals surface area contributed by atoms with Crippen LogP contribution in [0.25, 0.3) is 0 Å². The van der Waals surface area contributed by atoms with Gasteiger partial charge in [-0.1, -0.05) is 17.3 Å². The maximum Gasteiger partial charge on any atom is 0.416 e. The number of halogens is 3. The number of rotatable bonds is 7. The molecule has 1 aliphatic heterocycles. The van der Waals surface area contributed by atoms with Gasteiger partial charge in [0.25, 0.3) is 0 Å². The van der Waals surface area contributed by atoms with Crippen molar-refractivity contribution in [3.8, 4) is 5.75 Å². The summed E-state index contributed by atoms with van der Waals surface area (Å²) in [5.74, 6) is 0.604. The van der Waals surface area contributed by atoms with Crippen molar-refractivity contribution in [2.24, 2.45) is 5.16 Å². The Bertz CT molecular complexity index is 1010. The molecular formula is C21H23F3N2O4S. The van der Waals surface area contributed by atoms with Crippen molar-refractivity contribution in [1.29, 1.82) is 0 Å². The van der Waals surface area contributed by atoms with Crippen molar-refractivity contribution in [3.05, 3.63) is 59.7 Å². The molecule has 0 N–H and O–H groups in total. The number of nitrogens with zero attached hydrogens (tertiary/aromatic N) is 2. The summed E-state index contributed by atoms with van der Waals surface area (Å²) in [4.78, 5) is 5.40. The van der Waals surface area contributed by atoms with E-state index < -0.39 is 21.8 Å². The predicted octanol–water partition coefficient (Wildman–Crippen LogP) is 4.46. The van der Waals surface area contributed by atoms with Gasteiger partial charge in [-0.25, -0.2) is 8.42 Å². The highest BCUT2D eigenvalue weighted by Crippen LogP contribution is 2.29. The molecule has 1 heterocycles. The van der Waals surface area contributed by atoms with Gasteiger partial charge >= 0.3 is 6.18 Å². The van der Waals surface area contributed by atoms with Crippen LogP contribution in [-0.4, -0.2) is 38.1 Å². The molecule has 3 rings (SSSR count). The van der Waals surface area contributed by atoms with Crippen LogP contribution in [0.15, 0.2) is 58.6 Å². The van der Waals surface area contributed by atoms with E-state index in [0.29, 0.717) is 36.5 Å². The maximum atomic E-state index is 12.8. The molecule has 1 aliphatic rings. The smallest absolute Gasteiger partial charge is 0.416 e. The number of piperidine rings is 1. The Hall–Kier alpha value is -2.59. The topological polar surface area (TPSA) is 68.2 Å². The highest BCUT2D eigenvalue weighted by atomic mass is 32.2. The van der Waals surface area contributed by atoms with E-state index in [1.165, 1.54) is 28.6 Å². The highest BCUT2D eigenvalue weighted by molar-refractivity contribution is 7.89. The zero-order chi connectivity index (χ0) is 22.5. The number of hydrogen-bond acceptors (Lipinski definition) is 5. The van der Waals surface area contributed by atoms with Gasteiger partial charge < -0.3 is 9.57 Å². The van der Waals surface area contributed by atoms with Crippen LogP contribution in [0.5, 0.6) is 5.75 Å². The average Bonchev–Trinajstić information content (AvgIpc) is 2.74. The Labute approximate surface area is 179 Å². The number of oxime groups is 1. The lowest BCUT2D eigenvalue weighted by atomic mass is 10.1. The molecule has 6 nitrogen and oxygen atoms in total. The molecule has 0 amide bonds. The Morgan fingerprint density at radius 1 is 1.06 bits per heavy atom. The van der Waals surface area contributed by atoms with E-state index in [4.69, 9.17) is 9.57 Å². The fourth-order valence-electron chi connectivity index (χ4n) is 3.14. The van der Waals surface area contributed by atoms with Crippen molar-refractivity contribution in [1.82, 2.24) is 4.31 Å². The summed E-state index contributed by atoms with van der Waals surface area (Å²) < 4.78 is 70.6. The van der Waals surface area contributed by atoms with Gasteiger partial charge in [0.2, 0.25) is 10.0 Å². The minimum atomic E-state index is -4.41. The van der Waals surface area contributed by atoms with E-state index in [0.717, 1.165) is 12.1 Å². The Morgan fingerprint density at radius 3 is 2.35 bits per heavy atom. The molecule has 2 aromatic carbocycles. The van der Waals surface area contributed by atoms with E-state index in [1.54, 1.807) is 12.1 Å². The van der Waals surface area contributed by atoms with Gasteiger partial charge in [0.15, 0.2) is 0 Å². The SMILES string of the molecule is CCOc1ccc(S(=O)(=O)N2CCC(=NOCc3cccc(C(F)(F)F)c3)CC2)cc1. The lowest BCUT2D eigenvalue weighted by Gasteiger charge is -2.26. The zero-order valence-electron chi connectivity index (χ0n) is 16.9. The molecule has 10 heteroatoms. The van der Waals surface area contributed by atoms with Gasteiger partial charge in [-0.3, -0.25) is 0 Å². The fourth-order valence-corrected chi connectivity index (χ4v) is 4.58. The van der Waals surface area contributed by atoms with Crippen LogP contribution in [0, 0.1) is 0 Å². The molecule has 0 radical (unpaired) electrons. The summed E-state index contributed by atoms with van der Waals surface area (Å²) in [5, 5.41) is 3.99. The number of sulfonamides is 1. The number of ether oxygens (including phenoxy) is 1. The summed E-state index contributed by atoms with van der Waals surface area (Å²) in [6.45, 7) is 2.75. The highest BCUT2D eigenvalue weighted by Gasteiger charge is 2.30. The third kappa shape index (κ3) is 5.98. The van der Waals surface area contributed by atoms with E-state index in [-0.39, 0.29) is 24.6 Å². The fraction of sp³-hybridized carbons (Fsp3) is 0.381. The Balaban J connectivity index is 1.55. The third-order valence-electron chi connectivity index (χ3n) is 4.75. The normalized spacial score (nSPS) is 15.5. The zero-order valence-corrected chi connectivity index (χ0v) is 17.7. The molecule has 0 unspecified atom stereocenters. The van der Waals surface area contributed by atoms with Gasteiger partial charge in [0, 0.05) is 25.9 Å². The minimum absolute atomic E-state index is 0.0956. The van der Waals surface area contributed by atoms with Crippen LogP contribution in [-0.2, 0) is 27.6 Å². The molecule has 0 bridgehead atoms. The van der Waals surface area contributed by atoms with E-state index in [2.05, 4.69) is 5.16 Å². The standard InChI is InChI=1S/C21H23F3N2O4S/c1-2-29-19-6-8-20(9-7-19)31(27,28)26-12-10-18(11-13-26)25-30-15-16-4-3-5-17(14-16)21(22,23)24/h3-9,14H,2,10-13,15H2,1H3. The summed E-state index contributed by atoms with van der Waals surface area (Å²) in [5.41, 5.74) is 0.286. The Kier molecular flexibility index (Phi) is 7.22. The summed E-state index contributed by atoms with van der Waals surface area (Å²) >= 11 is 0. The second-order valence-electron chi connectivity index (χ2n) is 6.94. The molecule has 0 spiro atoms. The Morgan fingerprint density at radius 2 is 1.74 bits per heavy atom. The van der Waals surface area contributed by atoms with E-state index >= 15 is 0 Å². The first-order valence-electron chi connectivity index (χ1n) is 9.77. The van der Waals surface area contributed by atoms with Crippen molar-refractivity contribution in [2.75, 3.05) is 19.7 Å². The number of alkyl halides is 3. The van der Waals surface area contributed by atoms with Crippen LogP contribution >= 0.6 is 0 Å². The second-order valence-corrected chi connectivity index (χ2v) is 8.88. The van der Waals surface area contributed by atoms with Crippen LogP contribution in [0.2, 0.25) is 0 Å². The van der Waals surface area contributed by atoms with Gasteiger partial charge in [0.1, 0.15) is 12.4 Å². The number of hydrogen-bond donors (Lipinski definition) is 0. The predicted molar refractivity (Wildman–Crippen MR) is 109 cm³/mol. The summed E-state index contributed by atoms with van der Waals surface area (Å²) in [6, 6.07) is 11.1. The third-order valence-corrected chi connectivity index (χ3v) is 6.66. The van der Waals surface area contributed by atoms with Crippen molar-refractivity contribution < 1.29 is 31.2 Å².